The Balaban J connectivity index is 1.78. The lowest BCUT2D eigenvalue weighted by molar-refractivity contribution is 0.185. The second-order valence-electron chi connectivity index (χ2n) is 6.54. The van der Waals surface area contributed by atoms with E-state index in [2.05, 4.69) is 26.1 Å². The standard InChI is InChI=1S/C15H29N/c1-4-13-7-5-6-8-15(13)9-14(15)11-16-10-12(2)3/h12-14,16H,4-11H2,1-3H3. The molecule has 16 heavy (non-hydrogen) atoms. The smallest absolute Gasteiger partial charge is 0.00148 e. The molecule has 2 rings (SSSR count). The molecule has 0 saturated heterocycles. The molecule has 0 heterocycles. The van der Waals surface area contributed by atoms with Gasteiger partial charge in [-0.15, -0.1) is 0 Å². The maximum atomic E-state index is 3.66. The minimum absolute atomic E-state index is 0.789. The molecule has 0 radical (unpaired) electrons. The molecular weight excluding hydrogens is 194 g/mol. The number of rotatable bonds is 5. The summed E-state index contributed by atoms with van der Waals surface area (Å²) in [6, 6.07) is 0. The fraction of sp³-hybridized carbons (Fsp3) is 1.00. The van der Waals surface area contributed by atoms with Crippen LogP contribution in [-0.2, 0) is 0 Å². The van der Waals surface area contributed by atoms with Gasteiger partial charge >= 0.3 is 0 Å². The van der Waals surface area contributed by atoms with Crippen molar-refractivity contribution in [3.05, 3.63) is 0 Å². The van der Waals surface area contributed by atoms with Gasteiger partial charge in [0.05, 0.1) is 0 Å². The first kappa shape index (κ1) is 12.4. The van der Waals surface area contributed by atoms with Crippen LogP contribution in [0.25, 0.3) is 0 Å². The van der Waals surface area contributed by atoms with Crippen LogP contribution in [-0.4, -0.2) is 13.1 Å². The van der Waals surface area contributed by atoms with Crippen LogP contribution in [0.4, 0.5) is 0 Å². The summed E-state index contributed by atoms with van der Waals surface area (Å²) in [6.07, 6.45) is 8.97. The van der Waals surface area contributed by atoms with E-state index in [1.807, 2.05) is 0 Å². The van der Waals surface area contributed by atoms with Gasteiger partial charge in [0.1, 0.15) is 0 Å². The van der Waals surface area contributed by atoms with Crippen molar-refractivity contribution in [1.29, 1.82) is 0 Å². The highest BCUT2D eigenvalue weighted by atomic mass is 14.9. The molecule has 1 heteroatoms. The third-order valence-corrected chi connectivity index (χ3v) is 4.97. The van der Waals surface area contributed by atoms with Crippen LogP contribution in [0.1, 0.15) is 59.3 Å². The first-order chi connectivity index (χ1) is 7.69. The van der Waals surface area contributed by atoms with E-state index >= 15 is 0 Å². The van der Waals surface area contributed by atoms with Crippen molar-refractivity contribution in [3.63, 3.8) is 0 Å². The first-order valence-corrected chi connectivity index (χ1v) is 7.39. The monoisotopic (exact) mass is 223 g/mol. The van der Waals surface area contributed by atoms with Crippen LogP contribution in [0.2, 0.25) is 0 Å². The topological polar surface area (TPSA) is 12.0 Å². The third-order valence-electron chi connectivity index (χ3n) is 4.97. The van der Waals surface area contributed by atoms with E-state index < -0.39 is 0 Å². The Labute approximate surface area is 101 Å². The maximum absolute atomic E-state index is 3.66. The summed E-state index contributed by atoms with van der Waals surface area (Å²) in [7, 11) is 0. The van der Waals surface area contributed by atoms with Crippen LogP contribution >= 0.6 is 0 Å². The van der Waals surface area contributed by atoms with E-state index in [-0.39, 0.29) is 0 Å². The van der Waals surface area contributed by atoms with E-state index in [0.717, 1.165) is 23.2 Å². The summed E-state index contributed by atoms with van der Waals surface area (Å²) in [5.41, 5.74) is 0.789. The van der Waals surface area contributed by atoms with Crippen molar-refractivity contribution in [3.8, 4) is 0 Å². The van der Waals surface area contributed by atoms with E-state index in [1.165, 1.54) is 51.6 Å². The van der Waals surface area contributed by atoms with Gasteiger partial charge in [-0.25, -0.2) is 0 Å². The fourth-order valence-corrected chi connectivity index (χ4v) is 3.97. The fourth-order valence-electron chi connectivity index (χ4n) is 3.97. The van der Waals surface area contributed by atoms with Gasteiger partial charge in [-0.2, -0.15) is 0 Å². The second-order valence-corrected chi connectivity index (χ2v) is 6.54. The van der Waals surface area contributed by atoms with Gasteiger partial charge in [0, 0.05) is 0 Å². The third kappa shape index (κ3) is 2.45. The molecule has 0 aromatic carbocycles. The molecule has 0 bridgehead atoms. The SMILES string of the molecule is CCC1CCCCC12CC2CNCC(C)C. The van der Waals surface area contributed by atoms with Gasteiger partial charge < -0.3 is 5.32 Å². The van der Waals surface area contributed by atoms with Crippen LogP contribution < -0.4 is 5.32 Å². The lowest BCUT2D eigenvalue weighted by Crippen LogP contribution is -2.28. The van der Waals surface area contributed by atoms with Crippen LogP contribution in [0, 0.1) is 23.2 Å². The minimum Gasteiger partial charge on any atom is -0.316 e. The predicted octanol–water partition coefficient (Wildman–Crippen LogP) is 3.84. The lowest BCUT2D eigenvalue weighted by Gasteiger charge is -2.32. The summed E-state index contributed by atoms with van der Waals surface area (Å²) in [5.74, 6) is 2.85. The minimum atomic E-state index is 0.789. The molecule has 2 saturated carbocycles. The second kappa shape index (κ2) is 5.08. The Kier molecular flexibility index (Phi) is 3.94. The highest BCUT2D eigenvalue weighted by Crippen LogP contribution is 2.64. The van der Waals surface area contributed by atoms with Gasteiger partial charge in [-0.1, -0.05) is 40.0 Å². The summed E-state index contributed by atoms with van der Waals surface area (Å²) in [4.78, 5) is 0. The number of hydrogen-bond acceptors (Lipinski definition) is 1. The van der Waals surface area contributed by atoms with Gasteiger partial charge in [-0.05, 0) is 55.5 Å². The summed E-state index contributed by atoms with van der Waals surface area (Å²) >= 11 is 0. The predicted molar refractivity (Wildman–Crippen MR) is 70.5 cm³/mol. The Bertz CT molecular complexity index is 223. The molecule has 0 aromatic heterocycles. The molecule has 2 fully saturated rings. The van der Waals surface area contributed by atoms with Gasteiger partial charge in [-0.3, -0.25) is 0 Å². The molecule has 1 spiro atoms. The molecule has 0 amide bonds. The Morgan fingerprint density at radius 1 is 1.25 bits per heavy atom. The molecule has 3 atom stereocenters. The summed E-state index contributed by atoms with van der Waals surface area (Å²) in [6.45, 7) is 9.48. The zero-order valence-electron chi connectivity index (χ0n) is 11.4. The largest absolute Gasteiger partial charge is 0.316 e. The number of nitrogens with one attached hydrogen (secondary N) is 1. The zero-order valence-corrected chi connectivity index (χ0v) is 11.4. The summed E-state index contributed by atoms with van der Waals surface area (Å²) < 4.78 is 0. The van der Waals surface area contributed by atoms with Crippen molar-refractivity contribution in [2.75, 3.05) is 13.1 Å². The average molecular weight is 223 g/mol. The Hall–Kier alpha value is -0.0400. The molecule has 3 unspecified atom stereocenters. The van der Waals surface area contributed by atoms with Crippen molar-refractivity contribution in [2.24, 2.45) is 23.2 Å². The number of hydrogen-bond donors (Lipinski definition) is 1. The Morgan fingerprint density at radius 2 is 2.06 bits per heavy atom. The normalized spacial score (nSPS) is 38.2. The molecule has 1 N–H and O–H groups in total. The van der Waals surface area contributed by atoms with Crippen molar-refractivity contribution in [2.45, 2.75) is 59.3 Å². The molecule has 0 aromatic rings. The molecule has 1 nitrogen and oxygen atoms in total. The van der Waals surface area contributed by atoms with Crippen molar-refractivity contribution >= 4 is 0 Å². The van der Waals surface area contributed by atoms with Crippen molar-refractivity contribution < 1.29 is 0 Å². The highest BCUT2D eigenvalue weighted by molar-refractivity contribution is 5.07. The highest BCUT2D eigenvalue weighted by Gasteiger charge is 2.57. The molecular formula is C15H29N. The molecule has 2 aliphatic rings. The van der Waals surface area contributed by atoms with Gasteiger partial charge in [0.25, 0.3) is 0 Å². The van der Waals surface area contributed by atoms with Crippen LogP contribution in [0.15, 0.2) is 0 Å². The van der Waals surface area contributed by atoms with E-state index in [4.69, 9.17) is 0 Å². The van der Waals surface area contributed by atoms with E-state index in [1.54, 1.807) is 0 Å². The van der Waals surface area contributed by atoms with Gasteiger partial charge in [0.15, 0.2) is 0 Å². The van der Waals surface area contributed by atoms with E-state index in [9.17, 15) is 0 Å². The average Bonchev–Trinajstić information content (AvgIpc) is 2.92. The van der Waals surface area contributed by atoms with Gasteiger partial charge in [0.2, 0.25) is 0 Å². The van der Waals surface area contributed by atoms with E-state index in [0.29, 0.717) is 0 Å². The Morgan fingerprint density at radius 3 is 2.75 bits per heavy atom. The molecule has 94 valence electrons. The maximum Gasteiger partial charge on any atom is -0.00148 e. The zero-order chi connectivity index (χ0) is 11.6. The molecule has 2 aliphatic carbocycles. The van der Waals surface area contributed by atoms with Crippen molar-refractivity contribution in [1.82, 2.24) is 5.32 Å². The molecule has 0 aliphatic heterocycles. The lowest BCUT2D eigenvalue weighted by atomic mass is 9.73. The van der Waals surface area contributed by atoms with Crippen LogP contribution in [0.5, 0.6) is 0 Å². The van der Waals surface area contributed by atoms with Crippen LogP contribution in [0.3, 0.4) is 0 Å². The quantitative estimate of drug-likeness (QED) is 0.747. The first-order valence-electron chi connectivity index (χ1n) is 7.39. The summed E-state index contributed by atoms with van der Waals surface area (Å²) in [5, 5.41) is 3.66.